The summed E-state index contributed by atoms with van der Waals surface area (Å²) in [6, 6.07) is 15.4. The molecule has 0 aliphatic carbocycles. The maximum Gasteiger partial charge on any atom is 0.255 e. The van der Waals surface area contributed by atoms with Crippen LogP contribution in [0, 0.1) is 6.92 Å². The molecule has 1 amide bonds. The third-order valence-electron chi connectivity index (χ3n) is 5.93. The molecule has 0 bridgehead atoms. The first-order valence-corrected chi connectivity index (χ1v) is 10.5. The first-order chi connectivity index (χ1) is 14.9. The summed E-state index contributed by atoms with van der Waals surface area (Å²) in [5, 5.41) is 0. The van der Waals surface area contributed by atoms with Crippen molar-refractivity contribution in [3.05, 3.63) is 82.0 Å². The van der Waals surface area contributed by atoms with Gasteiger partial charge < -0.3 is 14.2 Å². The number of methoxy groups -OCH3 is 1. The Bertz CT molecular complexity index is 1140. The molecule has 4 rings (SSSR count). The van der Waals surface area contributed by atoms with E-state index in [-0.39, 0.29) is 11.5 Å². The number of hydrogen-bond acceptors (Lipinski definition) is 4. The number of piperidine rings is 1. The van der Waals surface area contributed by atoms with Gasteiger partial charge in [-0.05, 0) is 61.2 Å². The van der Waals surface area contributed by atoms with E-state index in [1.807, 2.05) is 24.0 Å². The van der Waals surface area contributed by atoms with Gasteiger partial charge in [0, 0.05) is 49.7 Å². The van der Waals surface area contributed by atoms with Crippen molar-refractivity contribution in [3.63, 3.8) is 0 Å². The molecule has 3 aromatic rings. The lowest BCUT2D eigenvalue weighted by atomic mass is 9.91. The molecule has 1 saturated heterocycles. The standard InChI is InChI=1S/C25H27N3O3/c1-17-14-21(18-4-7-22(31-3)8-5-18)15-23(26-17)19-10-12-28(13-11-19)25(30)20-6-9-24(29)27(2)16-20/h4-9,14-16,19H,10-13H2,1-3H3. The maximum atomic E-state index is 12.8. The molecule has 1 aliphatic rings. The summed E-state index contributed by atoms with van der Waals surface area (Å²) >= 11 is 0. The van der Waals surface area contributed by atoms with E-state index >= 15 is 0 Å². The van der Waals surface area contributed by atoms with Gasteiger partial charge in [-0.2, -0.15) is 0 Å². The van der Waals surface area contributed by atoms with Crippen LogP contribution in [0.1, 0.15) is 40.5 Å². The summed E-state index contributed by atoms with van der Waals surface area (Å²) in [6.07, 6.45) is 3.35. The number of likely N-dealkylation sites (tertiary alicyclic amines) is 1. The second kappa shape index (κ2) is 8.76. The maximum absolute atomic E-state index is 12.8. The SMILES string of the molecule is COc1ccc(-c2cc(C)nc(C3CCN(C(=O)c4ccc(=O)n(C)c4)CC3)c2)cc1. The Morgan fingerprint density at radius 1 is 1.03 bits per heavy atom. The van der Waals surface area contributed by atoms with Crippen molar-refractivity contribution in [3.8, 4) is 16.9 Å². The van der Waals surface area contributed by atoms with Gasteiger partial charge in [0.1, 0.15) is 5.75 Å². The van der Waals surface area contributed by atoms with Crippen LogP contribution in [0.5, 0.6) is 5.75 Å². The van der Waals surface area contributed by atoms with Gasteiger partial charge in [-0.3, -0.25) is 14.6 Å². The fourth-order valence-corrected chi connectivity index (χ4v) is 4.13. The van der Waals surface area contributed by atoms with E-state index in [1.54, 1.807) is 26.4 Å². The molecular formula is C25H27N3O3. The summed E-state index contributed by atoms with van der Waals surface area (Å²) < 4.78 is 6.70. The van der Waals surface area contributed by atoms with Crippen molar-refractivity contribution in [2.45, 2.75) is 25.7 Å². The van der Waals surface area contributed by atoms with Gasteiger partial charge in [0.15, 0.2) is 0 Å². The van der Waals surface area contributed by atoms with Crippen LogP contribution in [0.15, 0.2) is 59.5 Å². The minimum atomic E-state index is -0.117. The average molecular weight is 418 g/mol. The van der Waals surface area contributed by atoms with E-state index in [9.17, 15) is 9.59 Å². The number of nitrogens with zero attached hydrogens (tertiary/aromatic N) is 3. The summed E-state index contributed by atoms with van der Waals surface area (Å²) in [6.45, 7) is 3.38. The minimum absolute atomic E-state index is 0.0230. The van der Waals surface area contributed by atoms with Gasteiger partial charge in [-0.1, -0.05) is 12.1 Å². The third kappa shape index (κ3) is 4.53. The molecule has 160 valence electrons. The molecular weight excluding hydrogens is 390 g/mol. The minimum Gasteiger partial charge on any atom is -0.497 e. The smallest absolute Gasteiger partial charge is 0.255 e. The van der Waals surface area contributed by atoms with Crippen molar-refractivity contribution in [1.29, 1.82) is 0 Å². The van der Waals surface area contributed by atoms with Crippen LogP contribution < -0.4 is 10.3 Å². The van der Waals surface area contributed by atoms with Crippen LogP contribution in [0.2, 0.25) is 0 Å². The number of pyridine rings is 2. The molecule has 1 aliphatic heterocycles. The van der Waals surface area contributed by atoms with E-state index < -0.39 is 0 Å². The van der Waals surface area contributed by atoms with Crippen LogP contribution in [0.4, 0.5) is 0 Å². The Morgan fingerprint density at radius 2 is 1.74 bits per heavy atom. The zero-order valence-corrected chi connectivity index (χ0v) is 18.2. The number of carbonyl (C=O) groups excluding carboxylic acids is 1. The van der Waals surface area contributed by atoms with Gasteiger partial charge in [0.05, 0.1) is 12.7 Å². The zero-order valence-electron chi connectivity index (χ0n) is 18.2. The van der Waals surface area contributed by atoms with Crippen LogP contribution in [-0.4, -0.2) is 40.6 Å². The van der Waals surface area contributed by atoms with Crippen molar-refractivity contribution >= 4 is 5.91 Å². The molecule has 0 spiro atoms. The lowest BCUT2D eigenvalue weighted by molar-refractivity contribution is 0.0711. The lowest BCUT2D eigenvalue weighted by Crippen LogP contribution is -2.38. The summed E-state index contributed by atoms with van der Waals surface area (Å²) in [5.41, 5.74) is 4.79. The van der Waals surface area contributed by atoms with Crippen molar-refractivity contribution in [2.75, 3.05) is 20.2 Å². The summed E-state index contributed by atoms with van der Waals surface area (Å²) in [4.78, 5) is 31.1. The molecule has 0 radical (unpaired) electrons. The van der Waals surface area contributed by atoms with Crippen LogP contribution >= 0.6 is 0 Å². The van der Waals surface area contributed by atoms with Gasteiger partial charge in [0.25, 0.3) is 5.91 Å². The fourth-order valence-electron chi connectivity index (χ4n) is 4.13. The predicted molar refractivity (Wildman–Crippen MR) is 121 cm³/mol. The molecule has 6 nitrogen and oxygen atoms in total. The van der Waals surface area contributed by atoms with E-state index in [1.165, 1.54) is 10.6 Å². The van der Waals surface area contributed by atoms with Gasteiger partial charge in [0.2, 0.25) is 5.56 Å². The average Bonchev–Trinajstić information content (AvgIpc) is 2.80. The number of aryl methyl sites for hydroxylation is 2. The second-order valence-corrected chi connectivity index (χ2v) is 8.08. The molecule has 3 heterocycles. The predicted octanol–water partition coefficient (Wildman–Crippen LogP) is 3.78. The van der Waals surface area contributed by atoms with Crippen LogP contribution in [-0.2, 0) is 7.05 Å². The first-order valence-electron chi connectivity index (χ1n) is 10.5. The molecule has 0 unspecified atom stereocenters. The second-order valence-electron chi connectivity index (χ2n) is 8.08. The van der Waals surface area contributed by atoms with E-state index in [4.69, 9.17) is 9.72 Å². The Kier molecular flexibility index (Phi) is 5.89. The summed E-state index contributed by atoms with van der Waals surface area (Å²) in [5.74, 6) is 1.14. The van der Waals surface area contributed by atoms with Gasteiger partial charge in [-0.25, -0.2) is 0 Å². The molecule has 0 saturated carbocycles. The van der Waals surface area contributed by atoms with Crippen LogP contribution in [0.3, 0.4) is 0 Å². The molecule has 31 heavy (non-hydrogen) atoms. The fraction of sp³-hybridized carbons (Fsp3) is 0.320. The highest BCUT2D eigenvalue weighted by Gasteiger charge is 2.26. The number of carbonyl (C=O) groups is 1. The van der Waals surface area contributed by atoms with E-state index in [0.29, 0.717) is 24.6 Å². The van der Waals surface area contributed by atoms with Crippen LogP contribution in [0.25, 0.3) is 11.1 Å². The Morgan fingerprint density at radius 3 is 2.39 bits per heavy atom. The molecule has 0 atom stereocenters. The number of benzene rings is 1. The largest absolute Gasteiger partial charge is 0.497 e. The normalized spacial score (nSPS) is 14.5. The highest BCUT2D eigenvalue weighted by atomic mass is 16.5. The van der Waals surface area contributed by atoms with Crippen molar-refractivity contribution in [2.24, 2.45) is 7.05 Å². The molecule has 2 aromatic heterocycles. The Balaban J connectivity index is 1.48. The van der Waals surface area contributed by atoms with Crippen molar-refractivity contribution in [1.82, 2.24) is 14.5 Å². The molecule has 1 fully saturated rings. The number of amides is 1. The molecule has 1 aromatic carbocycles. The van der Waals surface area contributed by atoms with E-state index in [2.05, 4.69) is 24.3 Å². The Labute approximate surface area is 182 Å². The number of aromatic nitrogens is 2. The number of ether oxygens (including phenoxy) is 1. The zero-order chi connectivity index (χ0) is 22.0. The monoisotopic (exact) mass is 417 g/mol. The van der Waals surface area contributed by atoms with Gasteiger partial charge in [-0.15, -0.1) is 0 Å². The molecule has 0 N–H and O–H groups in total. The Hall–Kier alpha value is -3.41. The van der Waals surface area contributed by atoms with Crippen molar-refractivity contribution < 1.29 is 9.53 Å². The van der Waals surface area contributed by atoms with E-state index in [0.717, 1.165) is 41.1 Å². The van der Waals surface area contributed by atoms with Gasteiger partial charge >= 0.3 is 0 Å². The third-order valence-corrected chi connectivity index (χ3v) is 5.93. The number of hydrogen-bond donors (Lipinski definition) is 0. The topological polar surface area (TPSA) is 64.4 Å². The first kappa shape index (κ1) is 20.8. The quantitative estimate of drug-likeness (QED) is 0.648. The number of rotatable bonds is 4. The highest BCUT2D eigenvalue weighted by molar-refractivity contribution is 5.94. The highest BCUT2D eigenvalue weighted by Crippen LogP contribution is 2.31. The summed E-state index contributed by atoms with van der Waals surface area (Å²) in [7, 11) is 3.33. The lowest BCUT2D eigenvalue weighted by Gasteiger charge is -2.32. The molecule has 6 heteroatoms.